The minimum Gasteiger partial charge on any atom is -0.362 e. The summed E-state index contributed by atoms with van der Waals surface area (Å²) in [5.74, 6) is 0.126. The van der Waals surface area contributed by atoms with Crippen LogP contribution < -0.4 is 9.80 Å². The van der Waals surface area contributed by atoms with Crippen molar-refractivity contribution in [2.24, 2.45) is 0 Å². The molecule has 23 heavy (non-hydrogen) atoms. The SMILES string of the molecule is CCN(CC(=O)N(CC)c1cccc(C)c1)c1cccc(C)c1. The lowest BCUT2D eigenvalue weighted by Gasteiger charge is -2.28. The van der Waals surface area contributed by atoms with Crippen LogP contribution in [0.25, 0.3) is 0 Å². The molecule has 3 nitrogen and oxygen atoms in total. The largest absolute Gasteiger partial charge is 0.362 e. The molecule has 0 saturated carbocycles. The van der Waals surface area contributed by atoms with Gasteiger partial charge in [0.2, 0.25) is 5.91 Å². The molecular formula is C20H26N2O. The van der Waals surface area contributed by atoms with Gasteiger partial charge < -0.3 is 9.80 Å². The van der Waals surface area contributed by atoms with Crippen LogP contribution in [0.3, 0.4) is 0 Å². The second-order valence-electron chi connectivity index (χ2n) is 5.83. The summed E-state index contributed by atoms with van der Waals surface area (Å²) in [6, 6.07) is 16.4. The molecule has 0 bridgehead atoms. The lowest BCUT2D eigenvalue weighted by molar-refractivity contribution is -0.117. The highest BCUT2D eigenvalue weighted by Crippen LogP contribution is 2.19. The van der Waals surface area contributed by atoms with Gasteiger partial charge in [0.15, 0.2) is 0 Å². The molecule has 0 atom stereocenters. The number of hydrogen-bond acceptors (Lipinski definition) is 2. The van der Waals surface area contributed by atoms with Crippen molar-refractivity contribution in [1.29, 1.82) is 0 Å². The van der Waals surface area contributed by atoms with Crippen LogP contribution in [0, 0.1) is 13.8 Å². The summed E-state index contributed by atoms with van der Waals surface area (Å²) in [6.45, 7) is 10.1. The van der Waals surface area contributed by atoms with Crippen LogP contribution in [-0.2, 0) is 4.79 Å². The van der Waals surface area contributed by atoms with Crippen molar-refractivity contribution in [1.82, 2.24) is 0 Å². The van der Waals surface area contributed by atoms with Gasteiger partial charge in [-0.15, -0.1) is 0 Å². The number of nitrogens with zero attached hydrogens (tertiary/aromatic N) is 2. The predicted octanol–water partition coefficient (Wildman–Crippen LogP) is 4.18. The number of benzene rings is 2. The van der Waals surface area contributed by atoms with E-state index in [9.17, 15) is 4.79 Å². The number of rotatable bonds is 6. The normalized spacial score (nSPS) is 10.4. The molecule has 0 aliphatic carbocycles. The van der Waals surface area contributed by atoms with E-state index in [1.165, 1.54) is 11.1 Å². The number of carbonyl (C=O) groups is 1. The van der Waals surface area contributed by atoms with Gasteiger partial charge in [0.1, 0.15) is 0 Å². The van der Waals surface area contributed by atoms with Crippen LogP contribution in [-0.4, -0.2) is 25.5 Å². The minimum absolute atomic E-state index is 0.126. The molecule has 0 heterocycles. The standard InChI is InChI=1S/C20H26N2O/c1-5-21(18-11-7-9-16(3)13-18)15-20(23)22(6-2)19-12-8-10-17(4)14-19/h7-14H,5-6,15H2,1-4H3. The van der Waals surface area contributed by atoms with Crippen LogP contribution >= 0.6 is 0 Å². The maximum atomic E-state index is 12.8. The van der Waals surface area contributed by atoms with E-state index in [2.05, 4.69) is 43.0 Å². The molecule has 0 spiro atoms. The Balaban J connectivity index is 2.17. The Hall–Kier alpha value is -2.29. The molecule has 0 radical (unpaired) electrons. The molecule has 0 aliphatic heterocycles. The topological polar surface area (TPSA) is 23.6 Å². The Kier molecular flexibility index (Phi) is 5.80. The van der Waals surface area contributed by atoms with E-state index in [4.69, 9.17) is 0 Å². The first-order valence-electron chi connectivity index (χ1n) is 8.23. The van der Waals surface area contributed by atoms with E-state index in [1.807, 2.05) is 43.0 Å². The van der Waals surface area contributed by atoms with Gasteiger partial charge in [0.05, 0.1) is 6.54 Å². The number of hydrogen-bond donors (Lipinski definition) is 0. The summed E-state index contributed by atoms with van der Waals surface area (Å²) in [6.07, 6.45) is 0. The van der Waals surface area contributed by atoms with Gasteiger partial charge in [-0.25, -0.2) is 0 Å². The second-order valence-corrected chi connectivity index (χ2v) is 5.83. The van der Waals surface area contributed by atoms with E-state index in [0.717, 1.165) is 17.9 Å². The monoisotopic (exact) mass is 310 g/mol. The van der Waals surface area contributed by atoms with Crippen LogP contribution in [0.2, 0.25) is 0 Å². The lowest BCUT2D eigenvalue weighted by Crippen LogP contribution is -2.40. The maximum Gasteiger partial charge on any atom is 0.246 e. The van der Waals surface area contributed by atoms with Crippen LogP contribution in [0.5, 0.6) is 0 Å². The molecule has 0 saturated heterocycles. The Labute approximate surface area is 139 Å². The molecule has 2 aromatic carbocycles. The average Bonchev–Trinajstić information content (AvgIpc) is 2.53. The molecule has 3 heteroatoms. The van der Waals surface area contributed by atoms with Crippen LogP contribution in [0.4, 0.5) is 11.4 Å². The number of carbonyl (C=O) groups excluding carboxylic acids is 1. The van der Waals surface area contributed by atoms with Crippen molar-refractivity contribution >= 4 is 17.3 Å². The Morgan fingerprint density at radius 3 is 1.96 bits per heavy atom. The minimum atomic E-state index is 0.126. The Morgan fingerprint density at radius 2 is 1.43 bits per heavy atom. The predicted molar refractivity (Wildman–Crippen MR) is 98.3 cm³/mol. The third kappa shape index (κ3) is 4.35. The Bertz CT molecular complexity index is 666. The van der Waals surface area contributed by atoms with Crippen molar-refractivity contribution in [2.75, 3.05) is 29.4 Å². The zero-order valence-corrected chi connectivity index (χ0v) is 14.5. The third-order valence-corrected chi connectivity index (χ3v) is 4.01. The maximum absolute atomic E-state index is 12.8. The fraction of sp³-hybridized carbons (Fsp3) is 0.350. The van der Waals surface area contributed by atoms with Crippen molar-refractivity contribution in [3.63, 3.8) is 0 Å². The van der Waals surface area contributed by atoms with E-state index in [1.54, 1.807) is 0 Å². The van der Waals surface area contributed by atoms with E-state index in [0.29, 0.717) is 13.1 Å². The third-order valence-electron chi connectivity index (χ3n) is 4.01. The summed E-state index contributed by atoms with van der Waals surface area (Å²) >= 11 is 0. The Morgan fingerprint density at radius 1 is 0.870 bits per heavy atom. The molecule has 0 aromatic heterocycles. The smallest absolute Gasteiger partial charge is 0.246 e. The number of likely N-dealkylation sites (N-methyl/N-ethyl adjacent to an activating group) is 2. The number of aryl methyl sites for hydroxylation is 2. The van der Waals surface area contributed by atoms with Crippen molar-refractivity contribution in [3.05, 3.63) is 59.7 Å². The summed E-state index contributed by atoms with van der Waals surface area (Å²) in [4.78, 5) is 16.8. The van der Waals surface area contributed by atoms with E-state index in [-0.39, 0.29) is 5.91 Å². The summed E-state index contributed by atoms with van der Waals surface area (Å²) in [7, 11) is 0. The molecule has 0 aliphatic rings. The van der Waals surface area contributed by atoms with Gasteiger partial charge in [0, 0.05) is 24.5 Å². The van der Waals surface area contributed by atoms with Gasteiger partial charge in [-0.2, -0.15) is 0 Å². The zero-order valence-electron chi connectivity index (χ0n) is 14.5. The molecule has 0 unspecified atom stereocenters. The van der Waals surface area contributed by atoms with Crippen LogP contribution in [0.15, 0.2) is 48.5 Å². The van der Waals surface area contributed by atoms with Gasteiger partial charge in [-0.3, -0.25) is 4.79 Å². The number of anilines is 2. The highest BCUT2D eigenvalue weighted by molar-refractivity contribution is 5.96. The first-order valence-corrected chi connectivity index (χ1v) is 8.23. The highest BCUT2D eigenvalue weighted by atomic mass is 16.2. The van der Waals surface area contributed by atoms with Gasteiger partial charge in [-0.1, -0.05) is 24.3 Å². The second kappa shape index (κ2) is 7.82. The van der Waals surface area contributed by atoms with Gasteiger partial charge >= 0.3 is 0 Å². The first-order chi connectivity index (χ1) is 11.0. The molecule has 0 N–H and O–H groups in total. The molecule has 2 rings (SSSR count). The van der Waals surface area contributed by atoms with Gasteiger partial charge in [-0.05, 0) is 63.1 Å². The molecule has 2 aromatic rings. The fourth-order valence-corrected chi connectivity index (χ4v) is 2.76. The summed E-state index contributed by atoms with van der Waals surface area (Å²) in [5.41, 5.74) is 4.44. The van der Waals surface area contributed by atoms with E-state index >= 15 is 0 Å². The molecular weight excluding hydrogens is 284 g/mol. The molecule has 122 valence electrons. The average molecular weight is 310 g/mol. The quantitative estimate of drug-likeness (QED) is 0.799. The fourth-order valence-electron chi connectivity index (χ4n) is 2.76. The van der Waals surface area contributed by atoms with Crippen molar-refractivity contribution in [2.45, 2.75) is 27.7 Å². The van der Waals surface area contributed by atoms with Crippen LogP contribution in [0.1, 0.15) is 25.0 Å². The molecule has 1 amide bonds. The molecule has 0 fully saturated rings. The van der Waals surface area contributed by atoms with E-state index < -0.39 is 0 Å². The number of amides is 1. The lowest BCUT2D eigenvalue weighted by atomic mass is 10.2. The van der Waals surface area contributed by atoms with Crippen molar-refractivity contribution in [3.8, 4) is 0 Å². The highest BCUT2D eigenvalue weighted by Gasteiger charge is 2.17. The summed E-state index contributed by atoms with van der Waals surface area (Å²) < 4.78 is 0. The summed E-state index contributed by atoms with van der Waals surface area (Å²) in [5, 5.41) is 0. The van der Waals surface area contributed by atoms with Gasteiger partial charge in [0.25, 0.3) is 0 Å². The van der Waals surface area contributed by atoms with Crippen molar-refractivity contribution < 1.29 is 4.79 Å². The first kappa shape index (κ1) is 17.1. The zero-order chi connectivity index (χ0) is 16.8.